The molecule has 124 valence electrons. The highest BCUT2D eigenvalue weighted by Crippen LogP contribution is 2.24. The zero-order chi connectivity index (χ0) is 16.7. The number of alkyl halides is 1. The van der Waals surface area contributed by atoms with Gasteiger partial charge in [0.2, 0.25) is 0 Å². The van der Waals surface area contributed by atoms with Gasteiger partial charge in [-0.2, -0.15) is 0 Å². The molecule has 0 heterocycles. The summed E-state index contributed by atoms with van der Waals surface area (Å²) in [6, 6.07) is 10.6. The van der Waals surface area contributed by atoms with E-state index in [4.69, 9.17) is 0 Å². The molecule has 0 amide bonds. The van der Waals surface area contributed by atoms with Gasteiger partial charge < -0.3 is 0 Å². The Labute approximate surface area is 136 Å². The largest absolute Gasteiger partial charge is 0.251 e. The quantitative estimate of drug-likeness (QED) is 0.493. The van der Waals surface area contributed by atoms with Crippen LogP contribution in [0.25, 0.3) is 11.1 Å². The first-order valence-corrected chi connectivity index (χ1v) is 8.22. The third kappa shape index (κ3) is 5.12. The molecule has 2 rings (SSSR count). The van der Waals surface area contributed by atoms with Crippen molar-refractivity contribution in [2.75, 3.05) is 6.67 Å². The normalized spacial score (nSPS) is 11.0. The summed E-state index contributed by atoms with van der Waals surface area (Å²) in [7, 11) is 0. The van der Waals surface area contributed by atoms with Gasteiger partial charge in [-0.25, -0.2) is 8.78 Å². The average Bonchev–Trinajstić information content (AvgIpc) is 2.56. The third-order valence-corrected chi connectivity index (χ3v) is 4.17. The fourth-order valence-corrected chi connectivity index (χ4v) is 2.63. The molecule has 23 heavy (non-hydrogen) atoms. The highest BCUT2D eigenvalue weighted by molar-refractivity contribution is 5.64. The Morgan fingerprint density at radius 1 is 0.739 bits per heavy atom. The second-order valence-corrected chi connectivity index (χ2v) is 5.97. The highest BCUT2D eigenvalue weighted by atomic mass is 19.1. The summed E-state index contributed by atoms with van der Waals surface area (Å²) in [5.41, 5.74) is 2.64. The van der Waals surface area contributed by atoms with Gasteiger partial charge in [-0.3, -0.25) is 4.39 Å². The van der Waals surface area contributed by atoms with Gasteiger partial charge in [0.1, 0.15) is 11.6 Å². The molecule has 0 nitrogen and oxygen atoms in total. The molecule has 2 aromatic rings. The maximum absolute atomic E-state index is 13.6. The van der Waals surface area contributed by atoms with Crippen LogP contribution in [-0.2, 0) is 6.42 Å². The lowest BCUT2D eigenvalue weighted by atomic mass is 10.00. The van der Waals surface area contributed by atoms with Crippen molar-refractivity contribution >= 4 is 0 Å². The zero-order valence-corrected chi connectivity index (χ0v) is 13.5. The smallest absolute Gasteiger partial charge is 0.129 e. The maximum atomic E-state index is 13.6. The van der Waals surface area contributed by atoms with Crippen LogP contribution in [0.3, 0.4) is 0 Å². The molecule has 0 aliphatic heterocycles. The van der Waals surface area contributed by atoms with Crippen molar-refractivity contribution in [2.45, 2.75) is 45.4 Å². The van der Waals surface area contributed by atoms with Crippen molar-refractivity contribution in [3.05, 3.63) is 59.2 Å². The van der Waals surface area contributed by atoms with E-state index < -0.39 is 11.6 Å². The number of rotatable bonds is 8. The predicted octanol–water partition coefficient (Wildman–Crippen LogP) is 6.40. The van der Waals surface area contributed by atoms with Crippen molar-refractivity contribution in [2.24, 2.45) is 0 Å². The Hall–Kier alpha value is -1.77. The summed E-state index contributed by atoms with van der Waals surface area (Å²) in [6.07, 6.45) is 5.87. The third-order valence-electron chi connectivity index (χ3n) is 4.17. The number of halogens is 3. The van der Waals surface area contributed by atoms with E-state index in [1.54, 1.807) is 0 Å². The summed E-state index contributed by atoms with van der Waals surface area (Å²) in [4.78, 5) is 0. The summed E-state index contributed by atoms with van der Waals surface area (Å²) >= 11 is 0. The Bertz CT molecular complexity index is 594. The SMILES string of the molecule is Cc1c(F)cc(-c2ccc(CCCCCCCF)cc2)cc1F. The highest BCUT2D eigenvalue weighted by Gasteiger charge is 2.08. The maximum Gasteiger partial charge on any atom is 0.129 e. The second-order valence-electron chi connectivity index (χ2n) is 5.97. The lowest BCUT2D eigenvalue weighted by Gasteiger charge is -2.07. The van der Waals surface area contributed by atoms with Gasteiger partial charge in [0.25, 0.3) is 0 Å². The van der Waals surface area contributed by atoms with Crippen molar-refractivity contribution < 1.29 is 13.2 Å². The standard InChI is InChI=1S/C20H23F3/c1-15-19(22)13-18(14-20(15)23)17-10-8-16(9-11-17)7-5-3-2-4-6-12-21/h8-11,13-14H,2-7,12H2,1H3. The van der Waals surface area contributed by atoms with Gasteiger partial charge in [-0.1, -0.05) is 43.5 Å². The number of aryl methyl sites for hydroxylation is 1. The molecule has 0 fully saturated rings. The number of benzene rings is 2. The first-order chi connectivity index (χ1) is 11.1. The van der Waals surface area contributed by atoms with E-state index in [0.717, 1.165) is 37.7 Å². The minimum atomic E-state index is -0.516. The fourth-order valence-electron chi connectivity index (χ4n) is 2.63. The summed E-state index contributed by atoms with van der Waals surface area (Å²) in [5, 5.41) is 0. The molecule has 3 heteroatoms. The Morgan fingerprint density at radius 3 is 1.91 bits per heavy atom. The minimum absolute atomic E-state index is 0.0538. The van der Waals surface area contributed by atoms with Gasteiger partial charge in [0.05, 0.1) is 6.67 Å². The van der Waals surface area contributed by atoms with Crippen LogP contribution in [0.15, 0.2) is 36.4 Å². The molecular weight excluding hydrogens is 297 g/mol. The lowest BCUT2D eigenvalue weighted by molar-refractivity contribution is 0.451. The van der Waals surface area contributed by atoms with Crippen molar-refractivity contribution in [1.29, 1.82) is 0 Å². The molecule has 0 atom stereocenters. The molecule has 0 aliphatic carbocycles. The van der Waals surface area contributed by atoms with E-state index in [0.29, 0.717) is 12.0 Å². The average molecular weight is 320 g/mol. The van der Waals surface area contributed by atoms with E-state index >= 15 is 0 Å². The van der Waals surface area contributed by atoms with Crippen molar-refractivity contribution in [1.82, 2.24) is 0 Å². The zero-order valence-electron chi connectivity index (χ0n) is 13.5. The molecule has 0 spiro atoms. The van der Waals surface area contributed by atoms with Gasteiger partial charge in [-0.15, -0.1) is 0 Å². The Kier molecular flexibility index (Phi) is 6.69. The van der Waals surface area contributed by atoms with Crippen LogP contribution >= 0.6 is 0 Å². The van der Waals surface area contributed by atoms with Crippen LogP contribution < -0.4 is 0 Å². The number of hydrogen-bond acceptors (Lipinski definition) is 0. The summed E-state index contributed by atoms with van der Waals surface area (Å²) in [5.74, 6) is -1.03. The fraction of sp³-hybridized carbons (Fsp3) is 0.400. The van der Waals surface area contributed by atoms with Crippen LogP contribution in [-0.4, -0.2) is 6.67 Å². The van der Waals surface area contributed by atoms with Crippen molar-refractivity contribution in [3.63, 3.8) is 0 Å². The molecule has 0 N–H and O–H groups in total. The monoisotopic (exact) mass is 320 g/mol. The van der Waals surface area contributed by atoms with Crippen LogP contribution in [0.4, 0.5) is 13.2 Å². The first-order valence-electron chi connectivity index (χ1n) is 8.22. The first kappa shape index (κ1) is 17.6. The van der Waals surface area contributed by atoms with Crippen LogP contribution in [0.5, 0.6) is 0 Å². The van der Waals surface area contributed by atoms with E-state index in [2.05, 4.69) is 0 Å². The molecular formula is C20H23F3. The number of hydrogen-bond donors (Lipinski definition) is 0. The van der Waals surface area contributed by atoms with Gasteiger partial charge in [0.15, 0.2) is 0 Å². The molecule has 0 aliphatic rings. The molecule has 0 radical (unpaired) electrons. The molecule has 0 unspecified atom stereocenters. The molecule has 0 saturated heterocycles. The predicted molar refractivity (Wildman–Crippen MR) is 89.3 cm³/mol. The molecule has 2 aromatic carbocycles. The van der Waals surface area contributed by atoms with E-state index in [-0.39, 0.29) is 12.2 Å². The van der Waals surface area contributed by atoms with Crippen LogP contribution in [0, 0.1) is 18.6 Å². The van der Waals surface area contributed by atoms with Gasteiger partial charge >= 0.3 is 0 Å². The topological polar surface area (TPSA) is 0 Å². The Balaban J connectivity index is 1.92. The lowest BCUT2D eigenvalue weighted by Crippen LogP contribution is -1.91. The van der Waals surface area contributed by atoms with Crippen LogP contribution in [0.1, 0.15) is 43.2 Å². The number of unbranched alkanes of at least 4 members (excludes halogenated alkanes) is 4. The summed E-state index contributed by atoms with van der Waals surface area (Å²) in [6.45, 7) is 1.22. The Morgan fingerprint density at radius 2 is 1.30 bits per heavy atom. The second kappa shape index (κ2) is 8.76. The summed E-state index contributed by atoms with van der Waals surface area (Å²) < 4.78 is 39.2. The minimum Gasteiger partial charge on any atom is -0.251 e. The molecule has 0 aromatic heterocycles. The van der Waals surface area contributed by atoms with Gasteiger partial charge in [-0.05, 0) is 55.0 Å². The molecule has 0 bridgehead atoms. The van der Waals surface area contributed by atoms with Crippen molar-refractivity contribution in [3.8, 4) is 11.1 Å². The van der Waals surface area contributed by atoms with Gasteiger partial charge in [0, 0.05) is 5.56 Å². The van der Waals surface area contributed by atoms with E-state index in [9.17, 15) is 13.2 Å². The van der Waals surface area contributed by atoms with E-state index in [1.807, 2.05) is 24.3 Å². The van der Waals surface area contributed by atoms with Crippen LogP contribution in [0.2, 0.25) is 0 Å². The molecule has 0 saturated carbocycles. The van der Waals surface area contributed by atoms with E-state index in [1.165, 1.54) is 24.6 Å².